The second-order valence-electron chi connectivity index (χ2n) is 7.34. The first-order valence-corrected chi connectivity index (χ1v) is 10.2. The summed E-state index contributed by atoms with van der Waals surface area (Å²) in [5.74, 6) is -0.217. The summed E-state index contributed by atoms with van der Waals surface area (Å²) in [5.41, 5.74) is 3.32. The fourth-order valence-corrected chi connectivity index (χ4v) is 4.23. The van der Waals surface area contributed by atoms with Crippen LogP contribution in [-0.4, -0.2) is 10.5 Å². The maximum absolute atomic E-state index is 13.5. The third-order valence-electron chi connectivity index (χ3n) is 5.49. The molecule has 0 N–H and O–H groups in total. The van der Waals surface area contributed by atoms with Gasteiger partial charge in [-0.25, -0.2) is 4.79 Å². The average molecular weight is 416 g/mol. The van der Waals surface area contributed by atoms with E-state index < -0.39 is 5.97 Å². The van der Waals surface area contributed by atoms with Gasteiger partial charge in [0.05, 0.1) is 16.6 Å². The summed E-state index contributed by atoms with van der Waals surface area (Å²) in [6.07, 6.45) is 1.80. The second-order valence-corrected chi connectivity index (χ2v) is 7.78. The summed E-state index contributed by atoms with van der Waals surface area (Å²) in [7, 11) is 0. The number of aromatic nitrogens is 1. The summed E-state index contributed by atoms with van der Waals surface area (Å²) < 4.78 is 7.72. The van der Waals surface area contributed by atoms with Gasteiger partial charge < -0.3 is 9.30 Å². The number of rotatable bonds is 3. The van der Waals surface area contributed by atoms with Crippen molar-refractivity contribution in [1.82, 2.24) is 4.57 Å². The summed E-state index contributed by atoms with van der Waals surface area (Å²) >= 11 is 5.94. The predicted octanol–water partition coefficient (Wildman–Crippen LogP) is 5.49. The van der Waals surface area contributed by atoms with Gasteiger partial charge >= 0.3 is 5.97 Å². The lowest BCUT2D eigenvalue weighted by molar-refractivity contribution is 0.0737. The van der Waals surface area contributed by atoms with Crippen molar-refractivity contribution in [3.63, 3.8) is 0 Å². The molecule has 1 aliphatic heterocycles. The van der Waals surface area contributed by atoms with Gasteiger partial charge in [-0.05, 0) is 54.3 Å². The number of halogens is 1. The highest BCUT2D eigenvalue weighted by atomic mass is 35.5. The van der Waals surface area contributed by atoms with E-state index in [1.165, 1.54) is 0 Å². The second kappa shape index (κ2) is 7.47. The van der Waals surface area contributed by atoms with Crippen molar-refractivity contribution in [2.45, 2.75) is 19.4 Å². The van der Waals surface area contributed by atoms with E-state index in [4.69, 9.17) is 16.3 Å². The number of ether oxygens (including phenoxy) is 1. The van der Waals surface area contributed by atoms with E-state index in [1.807, 2.05) is 53.1 Å². The van der Waals surface area contributed by atoms with Gasteiger partial charge in [-0.3, -0.25) is 4.79 Å². The molecule has 5 heteroatoms. The van der Waals surface area contributed by atoms with E-state index in [1.54, 1.807) is 24.3 Å². The van der Waals surface area contributed by atoms with Crippen LogP contribution in [0.5, 0.6) is 5.75 Å². The molecule has 0 amide bonds. The Morgan fingerprint density at radius 2 is 1.70 bits per heavy atom. The van der Waals surface area contributed by atoms with Crippen LogP contribution in [0.3, 0.4) is 0 Å². The summed E-state index contributed by atoms with van der Waals surface area (Å²) in [6, 6.07) is 21.8. The van der Waals surface area contributed by atoms with Crippen LogP contribution in [0.15, 0.2) is 77.6 Å². The third-order valence-corrected chi connectivity index (χ3v) is 5.74. The molecule has 0 unspecified atom stereocenters. The molecule has 0 saturated carbocycles. The maximum atomic E-state index is 13.5. The molecule has 4 nitrogen and oxygen atoms in total. The van der Waals surface area contributed by atoms with Crippen molar-refractivity contribution in [3.8, 4) is 16.9 Å². The molecule has 0 radical (unpaired) electrons. The molecule has 0 atom stereocenters. The van der Waals surface area contributed by atoms with Gasteiger partial charge in [-0.15, -0.1) is 0 Å². The van der Waals surface area contributed by atoms with E-state index in [9.17, 15) is 9.59 Å². The molecule has 5 rings (SSSR count). The zero-order chi connectivity index (χ0) is 20.7. The molecule has 0 bridgehead atoms. The van der Waals surface area contributed by atoms with Crippen molar-refractivity contribution in [2.75, 3.05) is 0 Å². The van der Waals surface area contributed by atoms with Crippen LogP contribution in [0.4, 0.5) is 0 Å². The molecular formula is C25H18ClNO3. The largest absolute Gasteiger partial charge is 0.421 e. The van der Waals surface area contributed by atoms with Crippen LogP contribution in [0.1, 0.15) is 22.3 Å². The van der Waals surface area contributed by atoms with E-state index in [0.29, 0.717) is 28.4 Å². The van der Waals surface area contributed by atoms with Crippen LogP contribution >= 0.6 is 11.6 Å². The minimum Gasteiger partial charge on any atom is -0.421 e. The van der Waals surface area contributed by atoms with Gasteiger partial charge in [0, 0.05) is 17.0 Å². The Bertz CT molecular complexity index is 1320. The smallest absolute Gasteiger partial charge is 0.343 e. The maximum Gasteiger partial charge on any atom is 0.343 e. The standard InChI is InChI=1S/C25H18ClNO3/c26-19-13-11-18(12-14-19)25(29)30-23-20-10-4-8-17-9-5-15-27(22(17)20)24(28)21(23)16-6-2-1-3-7-16/h1-4,6-8,10-14H,5,9,15H2. The van der Waals surface area contributed by atoms with E-state index in [0.717, 1.165) is 34.9 Å². The summed E-state index contributed by atoms with van der Waals surface area (Å²) in [4.78, 5) is 26.5. The number of carbonyl (C=O) groups excluding carboxylic acids is 1. The molecule has 30 heavy (non-hydrogen) atoms. The highest BCUT2D eigenvalue weighted by Gasteiger charge is 2.25. The Labute approximate surface area is 178 Å². The van der Waals surface area contributed by atoms with Gasteiger partial charge in [0.1, 0.15) is 0 Å². The summed E-state index contributed by atoms with van der Waals surface area (Å²) in [5, 5.41) is 1.31. The molecular weight excluding hydrogens is 398 g/mol. The first-order valence-electron chi connectivity index (χ1n) is 9.85. The van der Waals surface area contributed by atoms with Crippen molar-refractivity contribution in [1.29, 1.82) is 0 Å². The highest BCUT2D eigenvalue weighted by Crippen LogP contribution is 2.37. The monoisotopic (exact) mass is 415 g/mol. The van der Waals surface area contributed by atoms with Crippen molar-refractivity contribution < 1.29 is 9.53 Å². The van der Waals surface area contributed by atoms with Gasteiger partial charge in [-0.2, -0.15) is 0 Å². The van der Waals surface area contributed by atoms with Crippen molar-refractivity contribution >= 4 is 28.5 Å². The van der Waals surface area contributed by atoms with Crippen molar-refractivity contribution in [2.24, 2.45) is 0 Å². The molecule has 3 aromatic carbocycles. The van der Waals surface area contributed by atoms with E-state index in [-0.39, 0.29) is 5.56 Å². The number of carbonyl (C=O) groups is 1. The van der Waals surface area contributed by atoms with Crippen LogP contribution in [-0.2, 0) is 13.0 Å². The van der Waals surface area contributed by atoms with Crippen LogP contribution < -0.4 is 10.3 Å². The Balaban J connectivity index is 1.77. The van der Waals surface area contributed by atoms with Gasteiger partial charge in [0.2, 0.25) is 0 Å². The highest BCUT2D eigenvalue weighted by molar-refractivity contribution is 6.30. The quantitative estimate of drug-likeness (QED) is 0.416. The minimum atomic E-state index is -0.523. The zero-order valence-corrected chi connectivity index (χ0v) is 16.9. The first-order chi connectivity index (χ1) is 14.6. The minimum absolute atomic E-state index is 0.139. The number of aryl methyl sites for hydroxylation is 2. The number of nitrogens with zero attached hydrogens (tertiary/aromatic N) is 1. The number of hydrogen-bond acceptors (Lipinski definition) is 3. The Morgan fingerprint density at radius 3 is 2.47 bits per heavy atom. The first kappa shape index (κ1) is 18.6. The molecule has 0 fully saturated rings. The number of hydrogen-bond donors (Lipinski definition) is 0. The Hall–Kier alpha value is -3.37. The topological polar surface area (TPSA) is 48.3 Å². The van der Waals surface area contributed by atoms with Gasteiger partial charge in [-0.1, -0.05) is 54.1 Å². The molecule has 1 aliphatic rings. The predicted molar refractivity (Wildman–Crippen MR) is 118 cm³/mol. The normalized spacial score (nSPS) is 12.7. The van der Waals surface area contributed by atoms with Gasteiger partial charge in [0.15, 0.2) is 5.75 Å². The van der Waals surface area contributed by atoms with Crippen LogP contribution in [0.25, 0.3) is 22.0 Å². The molecule has 4 aromatic rings. The molecule has 0 spiro atoms. The Morgan fingerprint density at radius 1 is 0.933 bits per heavy atom. The summed E-state index contributed by atoms with van der Waals surface area (Å²) in [6.45, 7) is 0.650. The van der Waals surface area contributed by atoms with Crippen LogP contribution in [0.2, 0.25) is 5.02 Å². The fraction of sp³-hybridized carbons (Fsp3) is 0.120. The Kier molecular flexibility index (Phi) is 4.64. The molecule has 0 aliphatic carbocycles. The fourth-order valence-electron chi connectivity index (χ4n) is 4.11. The lowest BCUT2D eigenvalue weighted by Gasteiger charge is -2.23. The SMILES string of the molecule is O=C(Oc1c(-c2ccccc2)c(=O)n2c3c(cccc13)CCC2)c1ccc(Cl)cc1. The zero-order valence-electron chi connectivity index (χ0n) is 16.1. The van der Waals surface area contributed by atoms with E-state index in [2.05, 4.69) is 0 Å². The molecule has 148 valence electrons. The average Bonchev–Trinajstić information content (AvgIpc) is 2.78. The lowest BCUT2D eigenvalue weighted by atomic mass is 9.97. The molecule has 1 aromatic heterocycles. The number of esters is 1. The third kappa shape index (κ3) is 3.10. The van der Waals surface area contributed by atoms with Crippen molar-refractivity contribution in [3.05, 3.63) is 99.3 Å². The number of pyridine rings is 1. The van der Waals surface area contributed by atoms with Gasteiger partial charge in [0.25, 0.3) is 5.56 Å². The van der Waals surface area contributed by atoms with E-state index >= 15 is 0 Å². The number of benzene rings is 3. The van der Waals surface area contributed by atoms with Crippen LogP contribution in [0, 0.1) is 0 Å². The molecule has 2 heterocycles. The number of para-hydroxylation sites is 1. The lowest BCUT2D eigenvalue weighted by Crippen LogP contribution is -2.27. The molecule has 0 saturated heterocycles.